The number of hydrogen-bond acceptors (Lipinski definition) is 3. The second-order valence-corrected chi connectivity index (χ2v) is 7.42. The number of carbonyl (C=O) groups is 2. The van der Waals surface area contributed by atoms with Crippen LogP contribution in [0, 0.1) is 0 Å². The van der Waals surface area contributed by atoms with E-state index in [9.17, 15) is 9.59 Å². The molecule has 1 aromatic rings. The number of benzene rings is 1. The molecule has 1 heterocycles. The minimum Gasteiger partial charge on any atom is -0.354 e. The third-order valence-electron chi connectivity index (χ3n) is 5.00. The average molecular weight is 353 g/mol. The Morgan fingerprint density at radius 3 is 2.69 bits per heavy atom. The lowest BCUT2D eigenvalue weighted by Crippen LogP contribution is -2.48. The van der Waals surface area contributed by atoms with Crippen LogP contribution in [0.3, 0.4) is 0 Å². The first kappa shape index (κ1) is 18.4. The van der Waals surface area contributed by atoms with Gasteiger partial charge in [-0.25, -0.2) is 0 Å². The molecule has 2 aliphatic rings. The Morgan fingerprint density at radius 2 is 2.00 bits per heavy atom. The second-order valence-electron chi connectivity index (χ2n) is 7.42. The first-order valence-corrected chi connectivity index (χ1v) is 9.39. The summed E-state index contributed by atoms with van der Waals surface area (Å²) in [6, 6.07) is 9.41. The second kappa shape index (κ2) is 7.85. The lowest BCUT2D eigenvalue weighted by Gasteiger charge is -2.28. The first-order chi connectivity index (χ1) is 12.5. The number of aliphatic imine (C=N–C) groups is 1. The molecule has 0 aromatic heterocycles. The Morgan fingerprint density at radius 1 is 1.23 bits per heavy atom. The molecule has 2 amide bonds. The predicted octanol–water partition coefficient (Wildman–Crippen LogP) is 3.06. The van der Waals surface area contributed by atoms with Crippen molar-refractivity contribution < 1.29 is 9.59 Å². The summed E-state index contributed by atoms with van der Waals surface area (Å²) in [6.07, 6.45) is 8.00. The number of amides is 2. The fourth-order valence-electron chi connectivity index (χ4n) is 3.50. The highest BCUT2D eigenvalue weighted by Crippen LogP contribution is 2.26. The van der Waals surface area contributed by atoms with Crippen LogP contribution in [-0.2, 0) is 9.59 Å². The van der Waals surface area contributed by atoms with Crippen LogP contribution >= 0.6 is 0 Å². The third-order valence-corrected chi connectivity index (χ3v) is 5.00. The molecule has 0 radical (unpaired) electrons. The topological polar surface area (TPSA) is 61.8 Å². The molecule has 0 bridgehead atoms. The van der Waals surface area contributed by atoms with E-state index in [1.165, 1.54) is 18.4 Å². The highest BCUT2D eigenvalue weighted by atomic mass is 16.2. The summed E-state index contributed by atoms with van der Waals surface area (Å²) in [7, 11) is 0. The summed E-state index contributed by atoms with van der Waals surface area (Å²) in [5.41, 5.74) is 1.93. The molecule has 5 nitrogen and oxygen atoms in total. The van der Waals surface area contributed by atoms with Crippen molar-refractivity contribution in [2.45, 2.75) is 51.6 Å². The van der Waals surface area contributed by atoms with E-state index in [1.807, 2.05) is 44.2 Å². The van der Waals surface area contributed by atoms with Crippen LogP contribution in [0.4, 0.5) is 0 Å². The van der Waals surface area contributed by atoms with Crippen molar-refractivity contribution in [2.75, 3.05) is 13.1 Å². The van der Waals surface area contributed by atoms with Crippen LogP contribution in [0.25, 0.3) is 0 Å². The maximum Gasteiger partial charge on any atom is 0.275 e. The molecular formula is C21H27N3O2. The molecule has 3 rings (SSSR count). The largest absolute Gasteiger partial charge is 0.354 e. The number of carbonyl (C=O) groups excluding carboxylic acids is 2. The lowest BCUT2D eigenvalue weighted by atomic mass is 9.97. The van der Waals surface area contributed by atoms with Gasteiger partial charge in [0.25, 0.3) is 5.91 Å². The van der Waals surface area contributed by atoms with E-state index in [4.69, 9.17) is 0 Å². The van der Waals surface area contributed by atoms with Gasteiger partial charge in [0, 0.05) is 12.1 Å². The van der Waals surface area contributed by atoms with Gasteiger partial charge in [0.1, 0.15) is 17.9 Å². The molecule has 0 saturated carbocycles. The van der Waals surface area contributed by atoms with E-state index in [-0.39, 0.29) is 18.4 Å². The first-order valence-electron chi connectivity index (χ1n) is 9.39. The standard InChI is InChI=1S/C21H27N3O2/c1-21(2)23-19(17-11-7-4-8-12-17)20(26)24(21)15-18(25)22-14-13-16-9-5-3-6-10-16/h4,7-9,11-12H,3,5-6,10,13-15H2,1-2H3,(H,22,25). The summed E-state index contributed by atoms with van der Waals surface area (Å²) in [5, 5.41) is 2.95. The SMILES string of the molecule is CC1(C)N=C(c2ccccc2)C(=O)N1CC(=O)NCCC1=CCCCC1. The maximum absolute atomic E-state index is 12.8. The Balaban J connectivity index is 1.56. The van der Waals surface area contributed by atoms with Gasteiger partial charge in [0.2, 0.25) is 5.91 Å². The van der Waals surface area contributed by atoms with Crippen molar-refractivity contribution in [1.82, 2.24) is 10.2 Å². The normalized spacial score (nSPS) is 19.2. The summed E-state index contributed by atoms with van der Waals surface area (Å²) < 4.78 is 0. The number of nitrogens with zero attached hydrogens (tertiary/aromatic N) is 2. The van der Waals surface area contributed by atoms with Crippen LogP contribution in [-0.4, -0.2) is 41.2 Å². The molecule has 1 aliphatic carbocycles. The smallest absolute Gasteiger partial charge is 0.275 e. The Labute approximate surface area is 155 Å². The van der Waals surface area contributed by atoms with Crippen molar-refractivity contribution in [3.8, 4) is 0 Å². The van der Waals surface area contributed by atoms with Gasteiger partial charge in [-0.1, -0.05) is 42.0 Å². The minimum absolute atomic E-state index is 0.0325. The molecule has 0 atom stereocenters. The number of nitrogens with one attached hydrogen (secondary N) is 1. The summed E-state index contributed by atoms with van der Waals surface area (Å²) >= 11 is 0. The fraction of sp³-hybridized carbons (Fsp3) is 0.476. The average Bonchev–Trinajstić information content (AvgIpc) is 2.87. The highest BCUT2D eigenvalue weighted by molar-refractivity contribution is 6.46. The Kier molecular flexibility index (Phi) is 5.55. The zero-order chi connectivity index (χ0) is 18.6. The van der Waals surface area contributed by atoms with Gasteiger partial charge in [-0.05, 0) is 46.0 Å². The zero-order valence-corrected chi connectivity index (χ0v) is 15.6. The summed E-state index contributed by atoms with van der Waals surface area (Å²) in [5.74, 6) is -0.321. The van der Waals surface area contributed by atoms with Crippen LogP contribution in [0.2, 0.25) is 0 Å². The number of rotatable bonds is 6. The van der Waals surface area contributed by atoms with Crippen molar-refractivity contribution in [3.63, 3.8) is 0 Å². The van der Waals surface area contributed by atoms with E-state index in [1.54, 1.807) is 4.90 Å². The van der Waals surface area contributed by atoms with Crippen LogP contribution < -0.4 is 5.32 Å². The molecule has 5 heteroatoms. The lowest BCUT2D eigenvalue weighted by molar-refractivity contribution is -0.133. The van der Waals surface area contributed by atoms with Crippen molar-refractivity contribution in [1.29, 1.82) is 0 Å². The van der Waals surface area contributed by atoms with Crippen LogP contribution in [0.5, 0.6) is 0 Å². The predicted molar refractivity (Wildman–Crippen MR) is 103 cm³/mol. The molecule has 26 heavy (non-hydrogen) atoms. The molecule has 1 aromatic carbocycles. The van der Waals surface area contributed by atoms with Crippen molar-refractivity contribution >= 4 is 17.5 Å². The Hall–Kier alpha value is -2.43. The monoisotopic (exact) mass is 353 g/mol. The number of allylic oxidation sites excluding steroid dienone is 1. The Bertz CT molecular complexity index is 735. The van der Waals surface area contributed by atoms with E-state index >= 15 is 0 Å². The van der Waals surface area contributed by atoms with Gasteiger partial charge in [-0.3, -0.25) is 14.6 Å². The minimum atomic E-state index is -0.717. The van der Waals surface area contributed by atoms with Crippen molar-refractivity contribution in [3.05, 3.63) is 47.5 Å². The molecule has 0 unspecified atom stereocenters. The van der Waals surface area contributed by atoms with E-state index in [0.717, 1.165) is 24.8 Å². The summed E-state index contributed by atoms with van der Waals surface area (Å²) in [6.45, 7) is 4.38. The van der Waals surface area contributed by atoms with Gasteiger partial charge < -0.3 is 10.2 Å². The molecule has 138 valence electrons. The molecule has 0 spiro atoms. The maximum atomic E-state index is 12.8. The molecule has 1 N–H and O–H groups in total. The van der Waals surface area contributed by atoms with Gasteiger partial charge in [0.15, 0.2) is 0 Å². The van der Waals surface area contributed by atoms with E-state index in [2.05, 4.69) is 16.4 Å². The van der Waals surface area contributed by atoms with Gasteiger partial charge >= 0.3 is 0 Å². The van der Waals surface area contributed by atoms with Gasteiger partial charge in [-0.2, -0.15) is 0 Å². The molecule has 1 aliphatic heterocycles. The van der Waals surface area contributed by atoms with Crippen LogP contribution in [0.15, 0.2) is 47.0 Å². The zero-order valence-electron chi connectivity index (χ0n) is 15.6. The van der Waals surface area contributed by atoms with Gasteiger partial charge in [0.05, 0.1) is 0 Å². The highest BCUT2D eigenvalue weighted by Gasteiger charge is 2.41. The van der Waals surface area contributed by atoms with E-state index < -0.39 is 5.66 Å². The summed E-state index contributed by atoms with van der Waals surface area (Å²) in [4.78, 5) is 31.2. The molecule has 0 saturated heterocycles. The number of hydrogen-bond donors (Lipinski definition) is 1. The van der Waals surface area contributed by atoms with E-state index in [0.29, 0.717) is 12.3 Å². The third kappa shape index (κ3) is 4.21. The molecular weight excluding hydrogens is 326 g/mol. The quantitative estimate of drug-likeness (QED) is 0.799. The molecule has 0 fully saturated rings. The fourth-order valence-corrected chi connectivity index (χ4v) is 3.50. The van der Waals surface area contributed by atoms with Crippen LogP contribution in [0.1, 0.15) is 51.5 Å². The van der Waals surface area contributed by atoms with Crippen molar-refractivity contribution in [2.24, 2.45) is 4.99 Å². The van der Waals surface area contributed by atoms with Gasteiger partial charge in [-0.15, -0.1) is 0 Å².